The van der Waals surface area contributed by atoms with E-state index < -0.39 is 5.82 Å². The molecular weight excluding hydrogens is 513 g/mol. The number of hydrogen-bond acceptors (Lipinski definition) is 9. The smallest absolute Gasteiger partial charge is 0.322 e. The molecule has 1 saturated heterocycles. The number of carbonyl (C=O) groups excluding carboxylic acids is 1. The van der Waals surface area contributed by atoms with Crippen LogP contribution >= 0.6 is 0 Å². The van der Waals surface area contributed by atoms with Crippen molar-refractivity contribution < 1.29 is 13.9 Å². The van der Waals surface area contributed by atoms with Gasteiger partial charge in [-0.1, -0.05) is 12.0 Å². The first-order valence-corrected chi connectivity index (χ1v) is 12.7. The average molecular weight is 542 g/mol. The molecule has 1 N–H and O–H groups in total. The number of benzene rings is 1. The van der Waals surface area contributed by atoms with Crippen LogP contribution in [-0.4, -0.2) is 66.2 Å². The molecule has 0 unspecified atom stereocenters. The Morgan fingerprint density at radius 2 is 2.02 bits per heavy atom. The minimum atomic E-state index is -0.576. The lowest BCUT2D eigenvalue weighted by Crippen LogP contribution is -2.54. The molecule has 0 radical (unpaired) electrons. The molecule has 0 bridgehead atoms. The van der Waals surface area contributed by atoms with Gasteiger partial charge in [-0.15, -0.1) is 0 Å². The minimum absolute atomic E-state index is 0.00413. The van der Waals surface area contributed by atoms with E-state index in [1.807, 2.05) is 20.2 Å². The highest BCUT2D eigenvalue weighted by atomic mass is 19.1. The Bertz CT molecular complexity index is 1610. The second-order valence-corrected chi connectivity index (χ2v) is 9.36. The van der Waals surface area contributed by atoms with Crippen molar-refractivity contribution in [2.75, 3.05) is 29.9 Å². The van der Waals surface area contributed by atoms with Gasteiger partial charge in [0.25, 0.3) is 5.91 Å². The first kappa shape index (κ1) is 26.6. The van der Waals surface area contributed by atoms with Crippen molar-refractivity contribution in [1.82, 2.24) is 34.6 Å². The molecular formula is C28H28FN9O2. The van der Waals surface area contributed by atoms with E-state index in [0.717, 1.165) is 5.69 Å². The predicted molar refractivity (Wildman–Crippen MR) is 148 cm³/mol. The average Bonchev–Trinajstić information content (AvgIpc) is 3.34. The molecule has 5 rings (SSSR count). The van der Waals surface area contributed by atoms with Crippen molar-refractivity contribution in [2.45, 2.75) is 26.8 Å². The van der Waals surface area contributed by atoms with E-state index >= 15 is 4.39 Å². The molecule has 3 aromatic heterocycles. The highest BCUT2D eigenvalue weighted by molar-refractivity contribution is 5.94. The lowest BCUT2D eigenvalue weighted by Gasteiger charge is -2.40. The van der Waals surface area contributed by atoms with Gasteiger partial charge in [0, 0.05) is 62.6 Å². The fourth-order valence-corrected chi connectivity index (χ4v) is 4.45. The van der Waals surface area contributed by atoms with Crippen molar-refractivity contribution in [2.24, 2.45) is 7.05 Å². The summed E-state index contributed by atoms with van der Waals surface area (Å²) >= 11 is 0. The molecule has 1 amide bonds. The first-order chi connectivity index (χ1) is 19.3. The van der Waals surface area contributed by atoms with E-state index in [9.17, 15) is 4.79 Å². The van der Waals surface area contributed by atoms with Crippen LogP contribution in [0.25, 0.3) is 11.1 Å². The van der Waals surface area contributed by atoms with Crippen molar-refractivity contribution in [3.8, 4) is 34.7 Å². The van der Waals surface area contributed by atoms with Crippen LogP contribution in [0.15, 0.2) is 49.1 Å². The van der Waals surface area contributed by atoms with Gasteiger partial charge in [-0.05, 0) is 50.5 Å². The number of nitrogens with one attached hydrogen (secondary N) is 1. The third-order valence-corrected chi connectivity index (χ3v) is 6.37. The van der Waals surface area contributed by atoms with Crippen LogP contribution in [-0.2, 0) is 11.8 Å². The lowest BCUT2D eigenvalue weighted by molar-refractivity contribution is -0.127. The summed E-state index contributed by atoms with van der Waals surface area (Å²) in [5.41, 5.74) is 2.64. The van der Waals surface area contributed by atoms with E-state index in [2.05, 4.69) is 42.1 Å². The summed E-state index contributed by atoms with van der Waals surface area (Å²) in [6, 6.07) is 6.34. The summed E-state index contributed by atoms with van der Waals surface area (Å²) in [5, 5.41) is 7.34. The SMILES string of the molecule is CC#CC(=O)N1CCN(c2nc(Nc3cnn(C)c3)ncc2-c2ccc(Oc3nccc(C)n3)c(F)c2)C[C@H]1C. The Morgan fingerprint density at radius 3 is 2.73 bits per heavy atom. The molecule has 11 nitrogen and oxygen atoms in total. The topological polar surface area (TPSA) is 114 Å². The molecule has 1 fully saturated rings. The lowest BCUT2D eigenvalue weighted by atomic mass is 10.1. The summed E-state index contributed by atoms with van der Waals surface area (Å²) in [6.45, 7) is 6.92. The molecule has 0 aliphatic carbocycles. The second-order valence-electron chi connectivity index (χ2n) is 9.36. The summed E-state index contributed by atoms with van der Waals surface area (Å²) in [7, 11) is 1.82. The molecule has 1 aromatic carbocycles. The summed E-state index contributed by atoms with van der Waals surface area (Å²) < 4.78 is 22.5. The second kappa shape index (κ2) is 11.4. The van der Waals surface area contributed by atoms with Gasteiger partial charge in [0.2, 0.25) is 5.95 Å². The van der Waals surface area contributed by atoms with Crippen LogP contribution in [0.4, 0.5) is 21.8 Å². The minimum Gasteiger partial charge on any atom is -0.421 e. The number of anilines is 3. The zero-order valence-electron chi connectivity index (χ0n) is 22.6. The number of halogens is 1. The molecule has 0 saturated carbocycles. The quantitative estimate of drug-likeness (QED) is 0.365. The molecule has 1 atom stereocenters. The predicted octanol–water partition coefficient (Wildman–Crippen LogP) is 3.71. The number of piperazine rings is 1. The van der Waals surface area contributed by atoms with Gasteiger partial charge in [-0.2, -0.15) is 10.1 Å². The molecule has 1 aliphatic rings. The molecule has 40 heavy (non-hydrogen) atoms. The fourth-order valence-electron chi connectivity index (χ4n) is 4.45. The van der Waals surface area contributed by atoms with Crippen molar-refractivity contribution in [3.05, 3.63) is 60.6 Å². The number of hydrogen-bond donors (Lipinski definition) is 1. The van der Waals surface area contributed by atoms with E-state index in [-0.39, 0.29) is 23.7 Å². The Balaban J connectivity index is 1.47. The third kappa shape index (κ3) is 5.83. The number of rotatable bonds is 6. The molecule has 0 spiro atoms. The van der Waals surface area contributed by atoms with Crippen molar-refractivity contribution in [3.63, 3.8) is 0 Å². The monoisotopic (exact) mass is 541 g/mol. The number of aromatic nitrogens is 6. The van der Waals surface area contributed by atoms with Crippen LogP contribution in [0.2, 0.25) is 0 Å². The van der Waals surface area contributed by atoms with Gasteiger partial charge in [0.1, 0.15) is 5.82 Å². The number of aryl methyl sites for hydroxylation is 2. The van der Waals surface area contributed by atoms with Crippen LogP contribution in [0, 0.1) is 24.6 Å². The molecule has 12 heteroatoms. The Kier molecular flexibility index (Phi) is 7.54. The zero-order valence-corrected chi connectivity index (χ0v) is 22.6. The Morgan fingerprint density at radius 1 is 1.18 bits per heavy atom. The molecule has 4 heterocycles. The van der Waals surface area contributed by atoms with Crippen molar-refractivity contribution >= 4 is 23.4 Å². The number of carbonyl (C=O) groups is 1. The zero-order chi connectivity index (χ0) is 28.2. The largest absolute Gasteiger partial charge is 0.421 e. The number of ether oxygens (including phenoxy) is 1. The van der Waals surface area contributed by atoms with E-state index in [4.69, 9.17) is 9.72 Å². The van der Waals surface area contributed by atoms with Gasteiger partial charge < -0.3 is 19.9 Å². The normalized spacial score (nSPS) is 14.9. The maximum absolute atomic E-state index is 15.2. The molecule has 4 aromatic rings. The van der Waals surface area contributed by atoms with Gasteiger partial charge >= 0.3 is 6.01 Å². The maximum Gasteiger partial charge on any atom is 0.322 e. The van der Waals surface area contributed by atoms with Crippen LogP contribution in [0.1, 0.15) is 19.5 Å². The maximum atomic E-state index is 15.2. The standard InChI is InChI=1S/C28H28FN9O2/c1-5-6-25(39)38-12-11-37(16-19(38)3)26-22(15-31-27(35-26)34-21-14-32-36(4)17-21)20-7-8-24(23(29)13-20)40-28-30-10-9-18(2)33-28/h7-10,13-15,17,19H,11-12,16H2,1-4H3,(H,31,34,35)/t19-/m1/s1. The van der Waals surface area contributed by atoms with Gasteiger partial charge in [-0.25, -0.2) is 19.3 Å². The fraction of sp³-hybridized carbons (Fsp3) is 0.286. The highest BCUT2D eigenvalue weighted by Crippen LogP contribution is 2.34. The van der Waals surface area contributed by atoms with Gasteiger partial charge in [-0.3, -0.25) is 9.48 Å². The molecule has 1 aliphatic heterocycles. The van der Waals surface area contributed by atoms with Gasteiger partial charge in [0.15, 0.2) is 11.6 Å². The molecule has 204 valence electrons. The summed E-state index contributed by atoms with van der Waals surface area (Å²) in [4.78, 5) is 33.8. The van der Waals surface area contributed by atoms with Crippen LogP contribution in [0.5, 0.6) is 11.8 Å². The Labute approximate surface area is 231 Å². The number of amides is 1. The van der Waals surface area contributed by atoms with Crippen LogP contribution < -0.4 is 15.0 Å². The van der Waals surface area contributed by atoms with E-state index in [1.165, 1.54) is 12.1 Å². The third-order valence-electron chi connectivity index (χ3n) is 6.37. The summed E-state index contributed by atoms with van der Waals surface area (Å²) in [6.07, 6.45) is 6.69. The first-order valence-electron chi connectivity index (χ1n) is 12.7. The highest BCUT2D eigenvalue weighted by Gasteiger charge is 2.29. The Hall–Kier alpha value is -5.05. The summed E-state index contributed by atoms with van der Waals surface area (Å²) in [5.74, 6) is 5.50. The van der Waals surface area contributed by atoms with Crippen LogP contribution in [0.3, 0.4) is 0 Å². The van der Waals surface area contributed by atoms with E-state index in [1.54, 1.807) is 54.2 Å². The van der Waals surface area contributed by atoms with Crippen molar-refractivity contribution in [1.29, 1.82) is 0 Å². The number of nitrogens with zero attached hydrogens (tertiary/aromatic N) is 8. The van der Waals surface area contributed by atoms with E-state index in [0.29, 0.717) is 48.2 Å². The van der Waals surface area contributed by atoms with Gasteiger partial charge in [0.05, 0.1) is 11.9 Å².